The van der Waals surface area contributed by atoms with Crippen LogP contribution in [0.25, 0.3) is 11.0 Å². The summed E-state index contributed by atoms with van der Waals surface area (Å²) in [5.74, 6) is -0.807. The van der Waals surface area contributed by atoms with Crippen molar-refractivity contribution in [2.75, 3.05) is 6.61 Å². The monoisotopic (exact) mass is 441 g/mol. The summed E-state index contributed by atoms with van der Waals surface area (Å²) >= 11 is 1.28. The lowest BCUT2D eigenvalue weighted by Crippen LogP contribution is -2.34. The summed E-state index contributed by atoms with van der Waals surface area (Å²) in [6.45, 7) is 9.58. The molecule has 0 unspecified atom stereocenters. The summed E-state index contributed by atoms with van der Waals surface area (Å²) in [5, 5.41) is 3.74. The van der Waals surface area contributed by atoms with Crippen LogP contribution >= 0.6 is 11.3 Å². The topological polar surface area (TPSA) is 85.6 Å². The quantitative estimate of drug-likeness (QED) is 0.423. The molecular formula is C24H27NO5S. The van der Waals surface area contributed by atoms with Gasteiger partial charge in [-0.2, -0.15) is 0 Å². The third-order valence-electron chi connectivity index (χ3n) is 5.01. The molecule has 0 spiro atoms. The largest absolute Gasteiger partial charge is 0.464 e. The molecular weight excluding hydrogens is 414 g/mol. The van der Waals surface area contributed by atoms with Gasteiger partial charge in [0.1, 0.15) is 5.58 Å². The maximum absolute atomic E-state index is 12.4. The molecule has 164 valence electrons. The van der Waals surface area contributed by atoms with E-state index in [1.54, 1.807) is 18.4 Å². The Morgan fingerprint density at radius 1 is 1.10 bits per heavy atom. The van der Waals surface area contributed by atoms with Crippen LogP contribution in [0.5, 0.6) is 0 Å². The Bertz CT molecular complexity index is 1130. The molecule has 0 aliphatic rings. The van der Waals surface area contributed by atoms with Gasteiger partial charge in [-0.05, 0) is 49.2 Å². The highest BCUT2D eigenvalue weighted by atomic mass is 32.1. The van der Waals surface area contributed by atoms with Crippen molar-refractivity contribution in [3.05, 3.63) is 57.0 Å². The van der Waals surface area contributed by atoms with Gasteiger partial charge in [0.05, 0.1) is 24.1 Å². The number of fused-ring (bicyclic) bond motifs is 1. The molecule has 1 N–H and O–H groups in total. The molecule has 2 aromatic heterocycles. The van der Waals surface area contributed by atoms with E-state index in [9.17, 15) is 14.4 Å². The van der Waals surface area contributed by atoms with Gasteiger partial charge in [-0.3, -0.25) is 14.4 Å². The van der Waals surface area contributed by atoms with Crippen LogP contribution in [-0.2, 0) is 27.3 Å². The highest BCUT2D eigenvalue weighted by Gasteiger charge is 2.21. The summed E-state index contributed by atoms with van der Waals surface area (Å²) in [6, 6.07) is 7.42. The molecule has 0 bridgehead atoms. The number of nitrogens with one attached hydrogen (secondary N) is 1. The summed E-state index contributed by atoms with van der Waals surface area (Å²) in [5.41, 5.74) is 3.23. The average molecular weight is 442 g/mol. The predicted octanol–water partition coefficient (Wildman–Crippen LogP) is 4.74. The molecule has 0 atom stereocenters. The molecule has 1 aromatic carbocycles. The predicted molar refractivity (Wildman–Crippen MR) is 120 cm³/mol. The van der Waals surface area contributed by atoms with Crippen LogP contribution in [-0.4, -0.2) is 24.3 Å². The zero-order valence-corrected chi connectivity index (χ0v) is 19.3. The minimum Gasteiger partial charge on any atom is -0.464 e. The molecule has 1 amide bonds. The van der Waals surface area contributed by atoms with E-state index in [1.807, 2.05) is 46.8 Å². The van der Waals surface area contributed by atoms with Crippen molar-refractivity contribution < 1.29 is 23.5 Å². The van der Waals surface area contributed by atoms with Gasteiger partial charge in [0, 0.05) is 21.2 Å². The molecule has 7 heteroatoms. The van der Waals surface area contributed by atoms with Gasteiger partial charge in [0.25, 0.3) is 0 Å². The Morgan fingerprint density at radius 3 is 2.52 bits per heavy atom. The first-order chi connectivity index (χ1) is 14.5. The number of hydrogen-bond donors (Lipinski definition) is 1. The minimum absolute atomic E-state index is 0.0390. The van der Waals surface area contributed by atoms with E-state index in [0.717, 1.165) is 32.5 Å². The number of thiophene rings is 1. The molecule has 0 aliphatic heterocycles. The maximum atomic E-state index is 12.4. The lowest BCUT2D eigenvalue weighted by molar-refractivity contribution is -0.141. The van der Waals surface area contributed by atoms with Crippen LogP contribution in [0.2, 0.25) is 0 Å². The zero-order chi connectivity index (χ0) is 22.8. The number of Topliss-reactive ketones (excluding diaryl/α,β-unsaturated/α-hetero) is 1. The third-order valence-corrected chi connectivity index (χ3v) is 6.14. The number of benzene rings is 1. The molecule has 0 aliphatic carbocycles. The van der Waals surface area contributed by atoms with Gasteiger partial charge in [0.15, 0.2) is 6.61 Å². The summed E-state index contributed by atoms with van der Waals surface area (Å²) in [7, 11) is 0. The highest BCUT2D eigenvalue weighted by molar-refractivity contribution is 7.14. The van der Waals surface area contributed by atoms with Crippen molar-refractivity contribution in [2.24, 2.45) is 5.41 Å². The average Bonchev–Trinajstić information content (AvgIpc) is 3.32. The van der Waals surface area contributed by atoms with Crippen LogP contribution in [0.4, 0.5) is 0 Å². The Labute approximate surface area is 185 Å². The number of furan rings is 1. The second kappa shape index (κ2) is 9.06. The van der Waals surface area contributed by atoms with Crippen molar-refractivity contribution in [1.82, 2.24) is 5.32 Å². The molecule has 0 radical (unpaired) electrons. The number of ketones is 1. The number of ether oxygens (including phenoxy) is 1. The summed E-state index contributed by atoms with van der Waals surface area (Å²) in [6.07, 6.45) is 1.60. The van der Waals surface area contributed by atoms with E-state index in [4.69, 9.17) is 9.15 Å². The standard InChI is InChI=1S/C24H27NO5S/c1-14-8-18-16(12-29-20(18)9-15(14)2)10-22(27)30-13-19(26)21-7-6-17(31-21)11-25-23(28)24(3,4)5/h6-9,12H,10-11,13H2,1-5H3,(H,25,28). The fourth-order valence-electron chi connectivity index (χ4n) is 2.95. The van der Waals surface area contributed by atoms with Crippen LogP contribution < -0.4 is 5.32 Å². The molecule has 3 rings (SSSR count). The number of rotatable bonds is 7. The number of amides is 1. The Balaban J connectivity index is 1.53. The second-order valence-electron chi connectivity index (χ2n) is 8.65. The molecule has 0 saturated carbocycles. The first kappa shape index (κ1) is 22.7. The van der Waals surface area contributed by atoms with E-state index < -0.39 is 11.4 Å². The van der Waals surface area contributed by atoms with Crippen LogP contribution in [0.1, 0.15) is 52.0 Å². The fraction of sp³-hybridized carbons (Fsp3) is 0.375. The Kier molecular flexibility index (Phi) is 6.65. The maximum Gasteiger partial charge on any atom is 0.310 e. The zero-order valence-electron chi connectivity index (χ0n) is 18.5. The minimum atomic E-state index is -0.483. The fourth-order valence-corrected chi connectivity index (χ4v) is 3.82. The SMILES string of the molecule is Cc1cc2occ(CC(=O)OCC(=O)c3ccc(CNC(=O)C(C)(C)C)s3)c2cc1C. The highest BCUT2D eigenvalue weighted by Crippen LogP contribution is 2.25. The van der Waals surface area contributed by atoms with Gasteiger partial charge in [-0.1, -0.05) is 20.8 Å². The smallest absolute Gasteiger partial charge is 0.310 e. The molecule has 6 nitrogen and oxygen atoms in total. The van der Waals surface area contributed by atoms with E-state index in [2.05, 4.69) is 5.32 Å². The number of hydrogen-bond acceptors (Lipinski definition) is 6. The van der Waals surface area contributed by atoms with Crippen molar-refractivity contribution in [1.29, 1.82) is 0 Å². The second-order valence-corrected chi connectivity index (χ2v) is 9.82. The van der Waals surface area contributed by atoms with Gasteiger partial charge in [0.2, 0.25) is 11.7 Å². The van der Waals surface area contributed by atoms with Crippen LogP contribution in [0.3, 0.4) is 0 Å². The van der Waals surface area contributed by atoms with Crippen molar-refractivity contribution in [2.45, 2.75) is 47.6 Å². The molecule has 3 aromatic rings. The Morgan fingerprint density at radius 2 is 1.81 bits per heavy atom. The van der Waals surface area contributed by atoms with E-state index in [-0.39, 0.29) is 24.7 Å². The Hall–Kier alpha value is -2.93. The lowest BCUT2D eigenvalue weighted by Gasteiger charge is -2.17. The lowest BCUT2D eigenvalue weighted by atomic mass is 9.96. The first-order valence-corrected chi connectivity index (χ1v) is 10.9. The van der Waals surface area contributed by atoms with Crippen LogP contribution in [0, 0.1) is 19.3 Å². The van der Waals surface area contributed by atoms with Crippen molar-refractivity contribution in [3.63, 3.8) is 0 Å². The summed E-state index contributed by atoms with van der Waals surface area (Å²) < 4.78 is 10.7. The van der Waals surface area contributed by atoms with Crippen molar-refractivity contribution in [3.8, 4) is 0 Å². The summed E-state index contributed by atoms with van der Waals surface area (Å²) in [4.78, 5) is 38.0. The van der Waals surface area contributed by atoms with Crippen LogP contribution in [0.15, 0.2) is 34.9 Å². The van der Waals surface area contributed by atoms with Gasteiger partial charge in [-0.15, -0.1) is 11.3 Å². The van der Waals surface area contributed by atoms with E-state index >= 15 is 0 Å². The van der Waals surface area contributed by atoms with Gasteiger partial charge >= 0.3 is 5.97 Å². The third kappa shape index (κ3) is 5.61. The number of carbonyl (C=O) groups is 3. The number of esters is 1. The molecule has 0 fully saturated rings. The molecule has 31 heavy (non-hydrogen) atoms. The van der Waals surface area contributed by atoms with Gasteiger partial charge in [-0.25, -0.2) is 0 Å². The normalized spacial score (nSPS) is 11.5. The molecule has 0 saturated heterocycles. The van der Waals surface area contributed by atoms with E-state index in [0.29, 0.717) is 11.4 Å². The van der Waals surface area contributed by atoms with Crippen molar-refractivity contribution >= 4 is 40.0 Å². The molecule has 2 heterocycles. The number of carbonyl (C=O) groups excluding carboxylic acids is 3. The number of aryl methyl sites for hydroxylation is 2. The first-order valence-electron chi connectivity index (χ1n) is 10.1. The van der Waals surface area contributed by atoms with Gasteiger partial charge < -0.3 is 14.5 Å². The van der Waals surface area contributed by atoms with E-state index in [1.165, 1.54) is 11.3 Å².